The quantitative estimate of drug-likeness (QED) is 0.901. The van der Waals surface area contributed by atoms with E-state index < -0.39 is 12.0 Å². The van der Waals surface area contributed by atoms with E-state index >= 15 is 0 Å². The molecule has 1 N–H and O–H groups in total. The van der Waals surface area contributed by atoms with E-state index in [4.69, 9.17) is 9.84 Å². The second kappa shape index (κ2) is 5.73. The van der Waals surface area contributed by atoms with E-state index in [1.54, 1.807) is 18.3 Å². The second-order valence-electron chi connectivity index (χ2n) is 4.49. The summed E-state index contributed by atoms with van der Waals surface area (Å²) in [6.45, 7) is 3.98. The molecule has 0 aromatic carbocycles. The number of carboxylic acid groups (broad SMARTS) is 1. The van der Waals surface area contributed by atoms with Crippen molar-refractivity contribution in [1.82, 2.24) is 9.55 Å². The molecule has 0 bridgehead atoms. The number of fused-ring (bicyclic) bond motifs is 1. The third-order valence-corrected chi connectivity index (χ3v) is 3.00. The maximum absolute atomic E-state index is 12.3. The van der Waals surface area contributed by atoms with Gasteiger partial charge in [0.25, 0.3) is 5.56 Å². The maximum atomic E-state index is 12.3. The molecule has 0 saturated carbocycles. The number of aliphatic carboxylic acids is 1. The summed E-state index contributed by atoms with van der Waals surface area (Å²) in [5.74, 6) is -0.546. The van der Waals surface area contributed by atoms with Crippen molar-refractivity contribution in [3.05, 3.63) is 34.9 Å². The monoisotopic (exact) mass is 276 g/mol. The number of pyridine rings is 2. The summed E-state index contributed by atoms with van der Waals surface area (Å²) >= 11 is 0. The van der Waals surface area contributed by atoms with Crippen molar-refractivity contribution in [2.45, 2.75) is 26.3 Å². The predicted octanol–water partition coefficient (Wildman–Crippen LogP) is 1.83. The van der Waals surface area contributed by atoms with E-state index in [-0.39, 0.29) is 5.56 Å². The minimum atomic E-state index is -1.06. The van der Waals surface area contributed by atoms with Gasteiger partial charge in [0.2, 0.25) is 0 Å². The maximum Gasteiger partial charge on any atom is 0.326 e. The standard InChI is InChI=1S/C14H16N2O4/c1-3-6-20-10-7-11-12(15-8-10)4-5-16(13(11)17)9(2)14(18)19/h4-5,7-9H,3,6H2,1-2H3,(H,18,19)/t9-/m1/s1. The Hall–Kier alpha value is -2.37. The summed E-state index contributed by atoms with van der Waals surface area (Å²) in [5.41, 5.74) is 0.138. The van der Waals surface area contributed by atoms with Crippen molar-refractivity contribution in [2.24, 2.45) is 0 Å². The van der Waals surface area contributed by atoms with Gasteiger partial charge >= 0.3 is 5.97 Å². The zero-order valence-corrected chi connectivity index (χ0v) is 11.4. The molecule has 2 rings (SSSR count). The van der Waals surface area contributed by atoms with Crippen LogP contribution in [-0.2, 0) is 4.79 Å². The summed E-state index contributed by atoms with van der Waals surface area (Å²) in [6, 6.07) is 2.30. The highest BCUT2D eigenvalue weighted by Gasteiger charge is 2.16. The summed E-state index contributed by atoms with van der Waals surface area (Å²) in [4.78, 5) is 27.5. The van der Waals surface area contributed by atoms with Crippen molar-refractivity contribution < 1.29 is 14.6 Å². The lowest BCUT2D eigenvalue weighted by Crippen LogP contribution is -2.27. The average Bonchev–Trinajstić information content (AvgIpc) is 2.45. The normalized spacial score (nSPS) is 12.3. The van der Waals surface area contributed by atoms with Gasteiger partial charge in [-0.3, -0.25) is 9.78 Å². The number of hydrogen-bond donors (Lipinski definition) is 1. The van der Waals surface area contributed by atoms with Crippen molar-refractivity contribution in [3.8, 4) is 5.75 Å². The largest absolute Gasteiger partial charge is 0.492 e. The summed E-state index contributed by atoms with van der Waals surface area (Å²) in [7, 11) is 0. The lowest BCUT2D eigenvalue weighted by atomic mass is 10.2. The van der Waals surface area contributed by atoms with Crippen molar-refractivity contribution in [2.75, 3.05) is 6.61 Å². The Bertz CT molecular complexity index is 693. The van der Waals surface area contributed by atoms with Crippen LogP contribution in [0, 0.1) is 0 Å². The Labute approximate surface area is 115 Å². The molecule has 0 unspecified atom stereocenters. The first-order valence-corrected chi connectivity index (χ1v) is 6.41. The van der Waals surface area contributed by atoms with Gasteiger partial charge in [0.05, 0.1) is 23.7 Å². The number of carboxylic acids is 1. The molecule has 6 nitrogen and oxygen atoms in total. The van der Waals surface area contributed by atoms with Gasteiger partial charge in [-0.05, 0) is 25.5 Å². The molecule has 2 aromatic rings. The molecule has 0 spiro atoms. The SMILES string of the molecule is CCCOc1cnc2ccn([C@H](C)C(=O)O)c(=O)c2c1. The Balaban J connectivity index is 2.52. The predicted molar refractivity (Wildman–Crippen MR) is 74.1 cm³/mol. The number of nitrogens with zero attached hydrogens (tertiary/aromatic N) is 2. The van der Waals surface area contributed by atoms with Crippen LogP contribution in [0.1, 0.15) is 26.3 Å². The van der Waals surface area contributed by atoms with Crippen molar-refractivity contribution >= 4 is 16.9 Å². The average molecular weight is 276 g/mol. The van der Waals surface area contributed by atoms with Crippen LogP contribution in [-0.4, -0.2) is 27.2 Å². The highest BCUT2D eigenvalue weighted by atomic mass is 16.5. The van der Waals surface area contributed by atoms with Crippen LogP contribution in [0.3, 0.4) is 0 Å². The van der Waals surface area contributed by atoms with E-state index in [0.29, 0.717) is 23.3 Å². The first-order chi connectivity index (χ1) is 9.54. The molecular weight excluding hydrogens is 260 g/mol. The zero-order valence-electron chi connectivity index (χ0n) is 11.4. The van der Waals surface area contributed by atoms with Gasteiger partial charge < -0.3 is 14.4 Å². The van der Waals surface area contributed by atoms with Crippen LogP contribution >= 0.6 is 0 Å². The van der Waals surface area contributed by atoms with Gasteiger partial charge in [0.15, 0.2) is 0 Å². The molecule has 0 fully saturated rings. The smallest absolute Gasteiger partial charge is 0.326 e. The van der Waals surface area contributed by atoms with Crippen molar-refractivity contribution in [1.29, 1.82) is 0 Å². The minimum Gasteiger partial charge on any atom is -0.492 e. The van der Waals surface area contributed by atoms with Crippen LogP contribution in [0.2, 0.25) is 0 Å². The van der Waals surface area contributed by atoms with Gasteiger partial charge in [0.1, 0.15) is 11.8 Å². The fourth-order valence-corrected chi connectivity index (χ4v) is 1.84. The van der Waals surface area contributed by atoms with Gasteiger partial charge in [0, 0.05) is 6.20 Å². The second-order valence-corrected chi connectivity index (χ2v) is 4.49. The van der Waals surface area contributed by atoms with E-state index in [0.717, 1.165) is 6.42 Å². The van der Waals surface area contributed by atoms with E-state index in [9.17, 15) is 9.59 Å². The molecule has 6 heteroatoms. The Kier molecular flexibility index (Phi) is 4.02. The lowest BCUT2D eigenvalue weighted by molar-refractivity contribution is -0.140. The molecule has 0 amide bonds. The lowest BCUT2D eigenvalue weighted by Gasteiger charge is -2.11. The van der Waals surface area contributed by atoms with E-state index in [2.05, 4.69) is 4.98 Å². The molecule has 20 heavy (non-hydrogen) atoms. The summed E-state index contributed by atoms with van der Waals surface area (Å²) in [5, 5.41) is 9.36. The summed E-state index contributed by atoms with van der Waals surface area (Å²) < 4.78 is 6.62. The third-order valence-electron chi connectivity index (χ3n) is 3.00. The highest BCUT2D eigenvalue weighted by molar-refractivity contribution is 5.79. The molecule has 106 valence electrons. The number of carbonyl (C=O) groups is 1. The molecule has 0 aliphatic rings. The third kappa shape index (κ3) is 2.64. The van der Waals surface area contributed by atoms with Crippen LogP contribution in [0.25, 0.3) is 10.9 Å². The number of ether oxygens (including phenoxy) is 1. The molecule has 0 aliphatic heterocycles. The van der Waals surface area contributed by atoms with Crippen LogP contribution in [0.15, 0.2) is 29.3 Å². The number of hydrogen-bond acceptors (Lipinski definition) is 4. The fourth-order valence-electron chi connectivity index (χ4n) is 1.84. The first kappa shape index (κ1) is 14.0. The van der Waals surface area contributed by atoms with Gasteiger partial charge in [-0.1, -0.05) is 6.92 Å². The summed E-state index contributed by atoms with van der Waals surface area (Å²) in [6.07, 6.45) is 3.86. The Morgan fingerprint density at radius 2 is 2.30 bits per heavy atom. The van der Waals surface area contributed by atoms with E-state index in [1.807, 2.05) is 6.92 Å². The Morgan fingerprint density at radius 3 is 2.95 bits per heavy atom. The van der Waals surface area contributed by atoms with Crippen LogP contribution < -0.4 is 10.3 Å². The number of rotatable bonds is 5. The van der Waals surface area contributed by atoms with Gasteiger partial charge in [-0.2, -0.15) is 0 Å². The van der Waals surface area contributed by atoms with Crippen LogP contribution in [0.4, 0.5) is 0 Å². The molecule has 1 atom stereocenters. The van der Waals surface area contributed by atoms with Crippen molar-refractivity contribution in [3.63, 3.8) is 0 Å². The molecule has 0 aliphatic carbocycles. The van der Waals surface area contributed by atoms with Crippen LogP contribution in [0.5, 0.6) is 5.75 Å². The molecular formula is C14H16N2O4. The van der Waals surface area contributed by atoms with Gasteiger partial charge in [-0.25, -0.2) is 4.79 Å². The zero-order chi connectivity index (χ0) is 14.7. The first-order valence-electron chi connectivity index (χ1n) is 6.41. The number of aromatic nitrogens is 2. The molecule has 2 aromatic heterocycles. The molecule has 2 heterocycles. The molecule has 0 radical (unpaired) electrons. The Morgan fingerprint density at radius 1 is 1.55 bits per heavy atom. The topological polar surface area (TPSA) is 81.4 Å². The fraction of sp³-hybridized carbons (Fsp3) is 0.357. The van der Waals surface area contributed by atoms with E-state index in [1.165, 1.54) is 17.7 Å². The molecule has 0 saturated heterocycles. The minimum absolute atomic E-state index is 0.356. The van der Waals surface area contributed by atoms with Gasteiger partial charge in [-0.15, -0.1) is 0 Å². The highest BCUT2D eigenvalue weighted by Crippen LogP contribution is 2.16.